The third-order valence-electron chi connectivity index (χ3n) is 8.51. The number of pyridine rings is 2. The molecule has 228 valence electrons. The van der Waals surface area contributed by atoms with Crippen molar-refractivity contribution < 1.29 is 24.1 Å². The molecular formula is C38H33N5OPt-2. The van der Waals surface area contributed by atoms with Crippen molar-refractivity contribution in [3.63, 3.8) is 0 Å². The number of hydrogen-bond acceptors (Lipinski definition) is 3. The Morgan fingerprint density at radius 3 is 2.24 bits per heavy atom. The third kappa shape index (κ3) is 5.17. The van der Waals surface area contributed by atoms with Gasteiger partial charge in [0.15, 0.2) is 0 Å². The van der Waals surface area contributed by atoms with Crippen LogP contribution in [0.15, 0.2) is 91.4 Å². The van der Waals surface area contributed by atoms with Crippen LogP contribution in [0.2, 0.25) is 0 Å². The van der Waals surface area contributed by atoms with Crippen molar-refractivity contribution in [1.82, 2.24) is 23.7 Å². The van der Waals surface area contributed by atoms with E-state index in [2.05, 4.69) is 134 Å². The van der Waals surface area contributed by atoms with Gasteiger partial charge in [0.2, 0.25) is 0 Å². The normalized spacial score (nSPS) is 11.9. The number of imidazole rings is 1. The van der Waals surface area contributed by atoms with Crippen LogP contribution in [0.5, 0.6) is 11.5 Å². The van der Waals surface area contributed by atoms with Crippen LogP contribution in [0.3, 0.4) is 0 Å². The topological polar surface area (TPSA) is 49.8 Å². The van der Waals surface area contributed by atoms with E-state index in [9.17, 15) is 0 Å². The minimum atomic E-state index is 0.0200. The Hall–Kier alpha value is -4.54. The van der Waals surface area contributed by atoms with Crippen molar-refractivity contribution in [2.75, 3.05) is 0 Å². The van der Waals surface area contributed by atoms with Gasteiger partial charge in [0, 0.05) is 24.2 Å². The van der Waals surface area contributed by atoms with Gasteiger partial charge in [0.1, 0.15) is 0 Å². The van der Waals surface area contributed by atoms with E-state index in [0.29, 0.717) is 11.5 Å². The molecule has 0 aliphatic carbocycles. The molecule has 4 heterocycles. The summed E-state index contributed by atoms with van der Waals surface area (Å²) < 4.78 is 14.1. The molecule has 0 N–H and O–H groups in total. The van der Waals surface area contributed by atoms with Crippen LogP contribution in [0.4, 0.5) is 0 Å². The van der Waals surface area contributed by atoms with Crippen LogP contribution >= 0.6 is 0 Å². The minimum absolute atomic E-state index is 0.0200. The summed E-state index contributed by atoms with van der Waals surface area (Å²) in [5.74, 6) is 2.06. The van der Waals surface area contributed by atoms with Gasteiger partial charge in [0.25, 0.3) is 0 Å². The van der Waals surface area contributed by atoms with Crippen molar-refractivity contribution >= 4 is 21.8 Å². The van der Waals surface area contributed by atoms with E-state index < -0.39 is 0 Å². The summed E-state index contributed by atoms with van der Waals surface area (Å²) in [5.41, 5.74) is 8.72. The van der Waals surface area contributed by atoms with Gasteiger partial charge in [0.05, 0.1) is 0 Å². The van der Waals surface area contributed by atoms with Crippen molar-refractivity contribution in [1.29, 1.82) is 0 Å². The molecule has 7 rings (SSSR count). The summed E-state index contributed by atoms with van der Waals surface area (Å²) in [7, 11) is 2.08. The molecule has 0 spiro atoms. The molecule has 6 nitrogen and oxygen atoms in total. The van der Waals surface area contributed by atoms with Crippen LogP contribution in [-0.2, 0) is 31.8 Å². The van der Waals surface area contributed by atoms with E-state index in [1.807, 2.05) is 36.5 Å². The Morgan fingerprint density at radius 1 is 0.778 bits per heavy atom. The van der Waals surface area contributed by atoms with Crippen molar-refractivity contribution in [3.8, 4) is 34.1 Å². The van der Waals surface area contributed by atoms with E-state index in [1.165, 1.54) is 17.0 Å². The standard InChI is InChI=1S/C38H33N5O.Pt/c1-25-26(2)42(24-41(25)6)30-8-7-9-31(21-30)44-32-12-13-33-34-20-29(38(3,4)5)11-14-35(34)43(36(33)22-32)37-15-10-28(23-40-37)27-16-18-39-19-17-27;/h7-20,23H,1-6H3;/q-2;. The van der Waals surface area contributed by atoms with E-state index in [1.54, 1.807) is 12.4 Å². The molecule has 0 amide bonds. The third-order valence-corrected chi connectivity index (χ3v) is 9.78. The fraction of sp³-hybridized carbons (Fsp3) is 0.184. The summed E-state index contributed by atoms with van der Waals surface area (Å²) in [6.07, 6.45) is 5.52. The van der Waals surface area contributed by atoms with Gasteiger partial charge in [-0.1, -0.05) is 26.8 Å². The predicted molar refractivity (Wildman–Crippen MR) is 176 cm³/mol. The number of rotatable bonds is 5. The summed E-state index contributed by atoms with van der Waals surface area (Å²) in [4.78, 5) is 9.07. The molecule has 4 aromatic heterocycles. The van der Waals surface area contributed by atoms with Crippen molar-refractivity contribution in [2.45, 2.75) is 40.0 Å². The zero-order chi connectivity index (χ0) is 31.5. The second-order valence-corrected chi connectivity index (χ2v) is 13.4. The summed E-state index contributed by atoms with van der Waals surface area (Å²) >= 11 is 2.36. The second kappa shape index (κ2) is 11.1. The van der Waals surface area contributed by atoms with Gasteiger partial charge in [-0.2, -0.15) is 0 Å². The average Bonchev–Trinajstić information content (AvgIpc) is 3.46. The number of nitrogens with zero attached hydrogens (tertiary/aromatic N) is 5. The van der Waals surface area contributed by atoms with Crippen LogP contribution < -0.4 is 4.74 Å². The Bertz CT molecular complexity index is 2270. The molecule has 7 heteroatoms. The van der Waals surface area contributed by atoms with Gasteiger partial charge < -0.3 is 0 Å². The fourth-order valence-corrected chi connectivity index (χ4v) is 6.79. The molecule has 0 radical (unpaired) electrons. The number of ether oxygens (including phenoxy) is 1. The molecule has 45 heavy (non-hydrogen) atoms. The molecule has 0 saturated heterocycles. The van der Waals surface area contributed by atoms with E-state index in [4.69, 9.17) is 9.72 Å². The first-order chi connectivity index (χ1) is 21.6. The molecule has 7 aromatic rings. The van der Waals surface area contributed by atoms with E-state index >= 15 is 0 Å². The summed E-state index contributed by atoms with van der Waals surface area (Å²) in [5, 5.41) is 2.26. The van der Waals surface area contributed by atoms with Gasteiger partial charge in [-0.05, 0) is 34.7 Å². The number of fused-ring (bicyclic) bond motifs is 3. The van der Waals surface area contributed by atoms with Crippen LogP contribution in [0.1, 0.15) is 37.7 Å². The molecule has 0 aliphatic heterocycles. The van der Waals surface area contributed by atoms with E-state index in [-0.39, 0.29) is 5.41 Å². The van der Waals surface area contributed by atoms with Crippen LogP contribution in [0.25, 0.3) is 44.4 Å². The summed E-state index contributed by atoms with van der Waals surface area (Å²) in [6, 6.07) is 32.1. The van der Waals surface area contributed by atoms with Gasteiger partial charge >= 0.3 is 184 Å². The predicted octanol–water partition coefficient (Wildman–Crippen LogP) is 8.76. The van der Waals surface area contributed by atoms with Crippen LogP contribution in [-0.4, -0.2) is 23.7 Å². The maximum absolute atomic E-state index is 6.43. The van der Waals surface area contributed by atoms with Gasteiger partial charge in [-0.3, -0.25) is 4.98 Å². The Morgan fingerprint density at radius 2 is 1.56 bits per heavy atom. The van der Waals surface area contributed by atoms with Gasteiger partial charge in [-0.25, -0.2) is 0 Å². The second-order valence-electron chi connectivity index (χ2n) is 12.4. The first-order valence-electron chi connectivity index (χ1n) is 14.9. The Balaban J connectivity index is 1.35. The molecule has 0 unspecified atom stereocenters. The molecule has 0 fully saturated rings. The number of benzene rings is 3. The summed E-state index contributed by atoms with van der Waals surface area (Å²) in [6.45, 7) is 11.0. The average molecular weight is 771 g/mol. The molecule has 0 atom stereocenters. The SMILES string of the molecule is Cc1c(C)n(-c2[c-]c(Oc3[c-]c4c(cc3)c3cc(C(C)(C)C)ccc3n4-c3ccc(-c4ccncc4)cn3)ccc2)[c](=[Pt])n1C. The number of aromatic nitrogens is 5. The van der Waals surface area contributed by atoms with Gasteiger partial charge in [-0.15, -0.1) is 0 Å². The molecular weight excluding hydrogens is 738 g/mol. The van der Waals surface area contributed by atoms with Crippen molar-refractivity contribution in [3.05, 3.63) is 124 Å². The number of hydrogen-bond donors (Lipinski definition) is 0. The Labute approximate surface area is 274 Å². The molecule has 0 bridgehead atoms. The quantitative estimate of drug-likeness (QED) is 0.165. The first kappa shape index (κ1) is 29.2. The molecule has 3 aromatic carbocycles. The van der Waals surface area contributed by atoms with E-state index in [0.717, 1.165) is 48.2 Å². The zero-order valence-electron chi connectivity index (χ0n) is 26.1. The fourth-order valence-electron chi connectivity index (χ4n) is 5.75. The maximum atomic E-state index is 6.43. The van der Waals surface area contributed by atoms with Crippen molar-refractivity contribution in [2.24, 2.45) is 7.05 Å². The molecule has 0 saturated carbocycles. The molecule has 0 aliphatic rings. The zero-order valence-corrected chi connectivity index (χ0v) is 28.4. The monoisotopic (exact) mass is 770 g/mol. The van der Waals surface area contributed by atoms with Crippen LogP contribution in [0, 0.1) is 29.8 Å². The first-order valence-corrected chi connectivity index (χ1v) is 16.0. The Kier molecular flexibility index (Phi) is 7.21.